The molecule has 0 saturated heterocycles. The number of hydrogen-bond acceptors (Lipinski definition) is 3. The molecule has 1 aliphatic rings. The fourth-order valence-corrected chi connectivity index (χ4v) is 3.36. The minimum absolute atomic E-state index is 0.0906. The molecule has 0 atom stereocenters. The Labute approximate surface area is 98.0 Å². The van der Waals surface area contributed by atoms with Crippen LogP contribution in [0.15, 0.2) is 23.1 Å². The van der Waals surface area contributed by atoms with Gasteiger partial charge in [-0.05, 0) is 37.0 Å². The zero-order chi connectivity index (χ0) is 12.6. The predicted octanol–water partition coefficient (Wildman–Crippen LogP) is 1.71. The van der Waals surface area contributed by atoms with Crippen molar-refractivity contribution in [2.45, 2.75) is 17.7 Å². The van der Waals surface area contributed by atoms with Gasteiger partial charge in [0.2, 0.25) is 0 Å². The number of benzene rings is 1. The van der Waals surface area contributed by atoms with Crippen molar-refractivity contribution in [3.8, 4) is 0 Å². The van der Waals surface area contributed by atoms with Crippen LogP contribution in [0.4, 0.5) is 4.39 Å². The number of aromatic carboxylic acids is 1. The zero-order valence-electron chi connectivity index (χ0n) is 8.89. The Kier molecular flexibility index (Phi) is 2.91. The molecule has 1 aromatic carbocycles. The Bertz CT molecular complexity index is 561. The normalized spacial score (nSPS) is 15.8. The maximum absolute atomic E-state index is 13.4. The molecule has 92 valence electrons. The quantitative estimate of drug-likeness (QED) is 0.892. The summed E-state index contributed by atoms with van der Waals surface area (Å²) >= 11 is 0. The van der Waals surface area contributed by atoms with Gasteiger partial charge in [-0.2, -0.15) is 0 Å². The van der Waals surface area contributed by atoms with Gasteiger partial charge in [-0.3, -0.25) is 0 Å². The van der Waals surface area contributed by atoms with E-state index in [2.05, 4.69) is 0 Å². The zero-order valence-corrected chi connectivity index (χ0v) is 9.71. The summed E-state index contributed by atoms with van der Waals surface area (Å²) in [4.78, 5) is 10.2. The molecule has 1 aliphatic carbocycles. The van der Waals surface area contributed by atoms with Gasteiger partial charge in [-0.1, -0.05) is 0 Å². The first-order chi connectivity index (χ1) is 7.90. The lowest BCUT2D eigenvalue weighted by Crippen LogP contribution is -2.11. The lowest BCUT2D eigenvalue weighted by molar-refractivity contribution is 0.0696. The lowest BCUT2D eigenvalue weighted by Gasteiger charge is -2.05. The van der Waals surface area contributed by atoms with E-state index in [0.29, 0.717) is 0 Å². The maximum Gasteiger partial charge on any atom is 0.335 e. The van der Waals surface area contributed by atoms with Crippen LogP contribution in [0.25, 0.3) is 0 Å². The molecule has 0 heterocycles. The molecule has 6 heteroatoms. The van der Waals surface area contributed by atoms with E-state index in [-0.39, 0.29) is 17.2 Å². The summed E-state index contributed by atoms with van der Waals surface area (Å²) in [5.74, 6) is -2.18. The summed E-state index contributed by atoms with van der Waals surface area (Å²) < 4.78 is 37.1. The highest BCUT2D eigenvalue weighted by atomic mass is 32.2. The van der Waals surface area contributed by atoms with Crippen molar-refractivity contribution in [2.75, 3.05) is 5.75 Å². The highest BCUT2D eigenvalue weighted by Crippen LogP contribution is 2.32. The topological polar surface area (TPSA) is 71.4 Å². The molecule has 0 aliphatic heterocycles. The highest BCUT2D eigenvalue weighted by molar-refractivity contribution is 7.91. The Morgan fingerprint density at radius 1 is 1.41 bits per heavy atom. The molecular formula is C11H11FO4S. The number of carboxylic acid groups (broad SMARTS) is 1. The third-order valence-corrected chi connectivity index (χ3v) is 4.56. The summed E-state index contributed by atoms with van der Waals surface area (Å²) in [5.41, 5.74) is -0.222. The standard InChI is InChI=1S/C11H11FO4S/c12-9-4-3-8(11(13)14)5-10(9)17(15,16)6-7-1-2-7/h3-5,7H,1-2,6H2,(H,13,14). The number of halogens is 1. The Hall–Kier alpha value is -1.43. The number of sulfone groups is 1. The van der Waals surface area contributed by atoms with Crippen molar-refractivity contribution in [3.05, 3.63) is 29.6 Å². The van der Waals surface area contributed by atoms with E-state index < -0.39 is 26.5 Å². The molecular weight excluding hydrogens is 247 g/mol. The van der Waals surface area contributed by atoms with Crippen LogP contribution in [0.5, 0.6) is 0 Å². The summed E-state index contributed by atoms with van der Waals surface area (Å²) in [6, 6.07) is 2.81. The van der Waals surface area contributed by atoms with Crippen molar-refractivity contribution in [1.82, 2.24) is 0 Å². The fourth-order valence-electron chi connectivity index (χ4n) is 1.56. The Morgan fingerprint density at radius 2 is 2.06 bits per heavy atom. The first kappa shape index (κ1) is 12.0. The largest absolute Gasteiger partial charge is 0.478 e. The monoisotopic (exact) mass is 258 g/mol. The van der Waals surface area contributed by atoms with Crippen LogP contribution in [0.3, 0.4) is 0 Å². The van der Waals surface area contributed by atoms with Gasteiger partial charge in [-0.25, -0.2) is 17.6 Å². The fraction of sp³-hybridized carbons (Fsp3) is 0.364. The summed E-state index contributed by atoms with van der Waals surface area (Å²) in [7, 11) is -3.72. The van der Waals surface area contributed by atoms with Gasteiger partial charge in [0.15, 0.2) is 9.84 Å². The summed E-state index contributed by atoms with van der Waals surface area (Å²) in [6.45, 7) is 0. The molecule has 0 aromatic heterocycles. The van der Waals surface area contributed by atoms with E-state index in [1.54, 1.807) is 0 Å². The van der Waals surface area contributed by atoms with Crippen molar-refractivity contribution < 1.29 is 22.7 Å². The molecule has 0 spiro atoms. The molecule has 17 heavy (non-hydrogen) atoms. The highest BCUT2D eigenvalue weighted by Gasteiger charge is 2.31. The molecule has 4 nitrogen and oxygen atoms in total. The molecule has 0 radical (unpaired) electrons. The van der Waals surface area contributed by atoms with Gasteiger partial charge in [-0.15, -0.1) is 0 Å². The first-order valence-electron chi connectivity index (χ1n) is 5.16. The SMILES string of the molecule is O=C(O)c1ccc(F)c(S(=O)(=O)CC2CC2)c1. The maximum atomic E-state index is 13.4. The van der Waals surface area contributed by atoms with Crippen LogP contribution in [-0.2, 0) is 9.84 Å². The van der Waals surface area contributed by atoms with E-state index in [1.807, 2.05) is 0 Å². The third kappa shape index (κ3) is 2.63. The number of rotatable bonds is 4. The second kappa shape index (κ2) is 4.10. The number of carboxylic acids is 1. The van der Waals surface area contributed by atoms with Crippen molar-refractivity contribution >= 4 is 15.8 Å². The summed E-state index contributed by atoms with van der Waals surface area (Å²) in [5, 5.41) is 8.74. The number of carbonyl (C=O) groups is 1. The number of hydrogen-bond donors (Lipinski definition) is 1. The van der Waals surface area contributed by atoms with Crippen LogP contribution < -0.4 is 0 Å². The molecule has 1 N–H and O–H groups in total. The van der Waals surface area contributed by atoms with E-state index >= 15 is 0 Å². The predicted molar refractivity (Wildman–Crippen MR) is 58.1 cm³/mol. The second-order valence-electron chi connectivity index (χ2n) is 4.18. The molecule has 0 bridgehead atoms. The van der Waals surface area contributed by atoms with Gasteiger partial charge in [0.05, 0.1) is 11.3 Å². The Morgan fingerprint density at radius 3 is 2.59 bits per heavy atom. The van der Waals surface area contributed by atoms with Crippen molar-refractivity contribution in [1.29, 1.82) is 0 Å². The van der Waals surface area contributed by atoms with Crippen molar-refractivity contribution in [2.24, 2.45) is 5.92 Å². The molecule has 0 unspecified atom stereocenters. The third-order valence-electron chi connectivity index (χ3n) is 2.67. The minimum atomic E-state index is -3.72. The summed E-state index contributed by atoms with van der Waals surface area (Å²) in [6.07, 6.45) is 1.67. The average Bonchev–Trinajstić information content (AvgIpc) is 3.00. The molecule has 1 fully saturated rings. The molecule has 0 amide bonds. The Balaban J connectivity index is 2.42. The van der Waals surface area contributed by atoms with E-state index in [4.69, 9.17) is 5.11 Å². The smallest absolute Gasteiger partial charge is 0.335 e. The molecule has 1 saturated carbocycles. The van der Waals surface area contributed by atoms with Gasteiger partial charge in [0, 0.05) is 0 Å². The van der Waals surface area contributed by atoms with Crippen LogP contribution in [0.1, 0.15) is 23.2 Å². The molecule has 1 aromatic rings. The van der Waals surface area contributed by atoms with Gasteiger partial charge >= 0.3 is 5.97 Å². The van der Waals surface area contributed by atoms with E-state index in [1.165, 1.54) is 0 Å². The van der Waals surface area contributed by atoms with E-state index in [9.17, 15) is 17.6 Å². The second-order valence-corrected chi connectivity index (χ2v) is 6.18. The molecule has 2 rings (SSSR count). The lowest BCUT2D eigenvalue weighted by atomic mass is 10.2. The van der Waals surface area contributed by atoms with Crippen LogP contribution in [0, 0.1) is 11.7 Å². The minimum Gasteiger partial charge on any atom is -0.478 e. The van der Waals surface area contributed by atoms with Gasteiger partial charge in [0.25, 0.3) is 0 Å². The van der Waals surface area contributed by atoms with Crippen molar-refractivity contribution in [3.63, 3.8) is 0 Å². The van der Waals surface area contributed by atoms with Crippen LogP contribution in [-0.4, -0.2) is 25.2 Å². The van der Waals surface area contributed by atoms with Crippen LogP contribution >= 0.6 is 0 Å². The van der Waals surface area contributed by atoms with Gasteiger partial charge in [0.1, 0.15) is 10.7 Å². The first-order valence-corrected chi connectivity index (χ1v) is 6.81. The van der Waals surface area contributed by atoms with E-state index in [0.717, 1.165) is 31.0 Å². The average molecular weight is 258 g/mol. The van der Waals surface area contributed by atoms with Gasteiger partial charge < -0.3 is 5.11 Å². The van der Waals surface area contributed by atoms with Crippen LogP contribution in [0.2, 0.25) is 0 Å².